The van der Waals surface area contributed by atoms with E-state index < -0.39 is 5.60 Å². The molecule has 2 aliphatic heterocycles. The number of ether oxygens (including phenoxy) is 2. The molecule has 3 heterocycles. The molecule has 0 amide bonds. The standard InChI is InChI=1S/C9H8Cl2N2O2/c10-7-5-3-15-9(1-2-14-4-9)6(5)8(11)13-12-7/h1-4H2. The van der Waals surface area contributed by atoms with Gasteiger partial charge in [0.05, 0.1) is 13.2 Å². The maximum Gasteiger partial charge on any atom is 0.158 e. The zero-order valence-corrected chi connectivity index (χ0v) is 9.31. The maximum atomic E-state index is 6.04. The Morgan fingerprint density at radius 1 is 1.20 bits per heavy atom. The highest BCUT2D eigenvalue weighted by atomic mass is 35.5. The van der Waals surface area contributed by atoms with E-state index in [1.807, 2.05) is 0 Å². The molecule has 1 aromatic heterocycles. The maximum absolute atomic E-state index is 6.04. The van der Waals surface area contributed by atoms with E-state index >= 15 is 0 Å². The van der Waals surface area contributed by atoms with Crippen molar-refractivity contribution in [3.05, 3.63) is 21.4 Å². The average molecular weight is 247 g/mol. The van der Waals surface area contributed by atoms with E-state index in [0.717, 1.165) is 17.5 Å². The van der Waals surface area contributed by atoms with Crippen LogP contribution in [0.25, 0.3) is 0 Å². The summed E-state index contributed by atoms with van der Waals surface area (Å²) in [4.78, 5) is 0. The summed E-state index contributed by atoms with van der Waals surface area (Å²) in [5.74, 6) is 0. The van der Waals surface area contributed by atoms with E-state index in [4.69, 9.17) is 32.7 Å². The number of nitrogens with zero attached hydrogens (tertiary/aromatic N) is 2. The SMILES string of the molecule is Clc1nnc(Cl)c2c1COC21CCOC1. The van der Waals surface area contributed by atoms with Gasteiger partial charge in [0.25, 0.3) is 0 Å². The van der Waals surface area contributed by atoms with Crippen LogP contribution in [0.1, 0.15) is 17.5 Å². The Kier molecular flexibility index (Phi) is 2.14. The minimum absolute atomic E-state index is 0.373. The number of hydrogen-bond donors (Lipinski definition) is 0. The van der Waals surface area contributed by atoms with E-state index in [1.54, 1.807) is 0 Å². The zero-order chi connectivity index (χ0) is 10.5. The smallest absolute Gasteiger partial charge is 0.158 e. The minimum atomic E-state index is -0.438. The highest BCUT2D eigenvalue weighted by molar-refractivity contribution is 6.32. The molecule has 4 nitrogen and oxygen atoms in total. The van der Waals surface area contributed by atoms with Crippen LogP contribution in [0.15, 0.2) is 0 Å². The molecule has 0 bridgehead atoms. The second-order valence-electron chi connectivity index (χ2n) is 3.72. The van der Waals surface area contributed by atoms with Gasteiger partial charge in [0.2, 0.25) is 0 Å². The Hall–Kier alpha value is -0.420. The molecule has 1 aromatic rings. The highest BCUT2D eigenvalue weighted by Gasteiger charge is 2.46. The fourth-order valence-corrected chi connectivity index (χ4v) is 2.67. The van der Waals surface area contributed by atoms with Gasteiger partial charge >= 0.3 is 0 Å². The second-order valence-corrected chi connectivity index (χ2v) is 4.44. The van der Waals surface area contributed by atoms with Gasteiger partial charge in [0.1, 0.15) is 5.60 Å². The van der Waals surface area contributed by atoms with Crippen molar-refractivity contribution in [1.29, 1.82) is 0 Å². The van der Waals surface area contributed by atoms with Crippen LogP contribution in [-0.4, -0.2) is 23.4 Å². The van der Waals surface area contributed by atoms with Gasteiger partial charge in [-0.1, -0.05) is 23.2 Å². The molecule has 80 valence electrons. The predicted octanol–water partition coefficient (Wildman–Crippen LogP) is 1.93. The third-order valence-electron chi connectivity index (χ3n) is 2.92. The lowest BCUT2D eigenvalue weighted by Crippen LogP contribution is -2.26. The van der Waals surface area contributed by atoms with E-state index in [2.05, 4.69) is 10.2 Å². The molecule has 0 aliphatic carbocycles. The molecule has 1 atom stereocenters. The van der Waals surface area contributed by atoms with Crippen LogP contribution in [0, 0.1) is 0 Å². The quantitative estimate of drug-likeness (QED) is 0.702. The fraction of sp³-hybridized carbons (Fsp3) is 0.556. The van der Waals surface area contributed by atoms with Crippen molar-refractivity contribution in [3.63, 3.8) is 0 Å². The van der Waals surface area contributed by atoms with Gasteiger partial charge in [-0.05, 0) is 0 Å². The number of rotatable bonds is 0. The Morgan fingerprint density at radius 2 is 2.00 bits per heavy atom. The summed E-state index contributed by atoms with van der Waals surface area (Å²) in [5, 5.41) is 8.33. The first kappa shape index (κ1) is 9.78. The Labute approximate surface area is 96.5 Å². The molecule has 2 aliphatic rings. The number of hydrogen-bond acceptors (Lipinski definition) is 4. The number of fused-ring (bicyclic) bond motifs is 2. The molecular formula is C9H8Cl2N2O2. The molecule has 0 saturated carbocycles. The lowest BCUT2D eigenvalue weighted by atomic mass is 9.94. The molecule has 1 fully saturated rings. The first-order valence-corrected chi connectivity index (χ1v) is 5.41. The largest absolute Gasteiger partial charge is 0.378 e. The van der Waals surface area contributed by atoms with Crippen molar-refractivity contribution in [2.75, 3.05) is 13.2 Å². The summed E-state index contributed by atoms with van der Waals surface area (Å²) >= 11 is 12.0. The lowest BCUT2D eigenvalue weighted by molar-refractivity contribution is -0.0421. The normalized spacial score (nSPS) is 28.7. The van der Waals surface area contributed by atoms with Gasteiger partial charge in [-0.15, -0.1) is 10.2 Å². The van der Waals surface area contributed by atoms with Crippen molar-refractivity contribution in [2.45, 2.75) is 18.6 Å². The van der Waals surface area contributed by atoms with Gasteiger partial charge in [-0.3, -0.25) is 0 Å². The summed E-state index contributed by atoms with van der Waals surface area (Å²) in [6, 6.07) is 0. The van der Waals surface area contributed by atoms with Gasteiger partial charge in [-0.2, -0.15) is 0 Å². The predicted molar refractivity (Wildman–Crippen MR) is 54.0 cm³/mol. The van der Waals surface area contributed by atoms with Crippen LogP contribution in [-0.2, 0) is 21.7 Å². The van der Waals surface area contributed by atoms with Crippen molar-refractivity contribution >= 4 is 23.2 Å². The van der Waals surface area contributed by atoms with Gasteiger partial charge < -0.3 is 9.47 Å². The van der Waals surface area contributed by atoms with Crippen LogP contribution < -0.4 is 0 Å². The minimum Gasteiger partial charge on any atom is -0.378 e. The average Bonchev–Trinajstić information content (AvgIpc) is 2.83. The molecule has 0 N–H and O–H groups in total. The van der Waals surface area contributed by atoms with Gasteiger partial charge in [-0.25, -0.2) is 0 Å². The first-order chi connectivity index (χ1) is 7.23. The molecule has 3 rings (SSSR count). The van der Waals surface area contributed by atoms with Crippen LogP contribution in [0.4, 0.5) is 0 Å². The second kappa shape index (κ2) is 3.28. The van der Waals surface area contributed by atoms with E-state index in [1.165, 1.54) is 0 Å². The third-order valence-corrected chi connectivity index (χ3v) is 3.48. The monoisotopic (exact) mass is 246 g/mol. The lowest BCUT2D eigenvalue weighted by Gasteiger charge is -2.21. The van der Waals surface area contributed by atoms with Crippen LogP contribution in [0.5, 0.6) is 0 Å². The molecule has 1 unspecified atom stereocenters. The van der Waals surface area contributed by atoms with Gasteiger partial charge in [0.15, 0.2) is 10.3 Å². The summed E-state index contributed by atoms with van der Waals surface area (Å²) in [6.45, 7) is 1.63. The van der Waals surface area contributed by atoms with Crippen molar-refractivity contribution < 1.29 is 9.47 Å². The first-order valence-electron chi connectivity index (χ1n) is 4.66. The Morgan fingerprint density at radius 3 is 2.73 bits per heavy atom. The van der Waals surface area contributed by atoms with E-state index in [9.17, 15) is 0 Å². The van der Waals surface area contributed by atoms with Crippen molar-refractivity contribution in [3.8, 4) is 0 Å². The molecule has 6 heteroatoms. The number of halogens is 2. The molecule has 1 saturated heterocycles. The van der Waals surface area contributed by atoms with E-state index in [-0.39, 0.29) is 0 Å². The van der Waals surface area contributed by atoms with Gasteiger partial charge in [0, 0.05) is 24.2 Å². The molecular weight excluding hydrogens is 239 g/mol. The van der Waals surface area contributed by atoms with Crippen LogP contribution in [0.2, 0.25) is 10.3 Å². The fourth-order valence-electron chi connectivity index (χ4n) is 2.16. The number of aromatic nitrogens is 2. The summed E-state index contributed by atoms with van der Waals surface area (Å²) in [6.07, 6.45) is 0.793. The zero-order valence-electron chi connectivity index (χ0n) is 7.80. The van der Waals surface area contributed by atoms with Crippen LogP contribution in [0.3, 0.4) is 0 Å². The third kappa shape index (κ3) is 1.29. The summed E-state index contributed by atoms with van der Waals surface area (Å²) < 4.78 is 11.1. The molecule has 0 aromatic carbocycles. The Bertz CT molecular complexity index is 419. The van der Waals surface area contributed by atoms with Crippen molar-refractivity contribution in [2.24, 2.45) is 0 Å². The molecule has 1 spiro atoms. The molecule has 0 radical (unpaired) electrons. The van der Waals surface area contributed by atoms with E-state index in [0.29, 0.717) is 30.1 Å². The topological polar surface area (TPSA) is 44.2 Å². The summed E-state index contributed by atoms with van der Waals surface area (Å²) in [5.41, 5.74) is 1.27. The summed E-state index contributed by atoms with van der Waals surface area (Å²) in [7, 11) is 0. The highest BCUT2D eigenvalue weighted by Crippen LogP contribution is 2.46. The molecule has 15 heavy (non-hydrogen) atoms. The van der Waals surface area contributed by atoms with Crippen LogP contribution >= 0.6 is 23.2 Å². The Balaban J connectivity index is 2.20. The van der Waals surface area contributed by atoms with Crippen molar-refractivity contribution in [1.82, 2.24) is 10.2 Å².